The third kappa shape index (κ3) is 11.7. The average molecular weight is 704 g/mol. The smallest absolute Gasteiger partial charge is 0.245 e. The van der Waals surface area contributed by atoms with Crippen LogP contribution in [0.3, 0.4) is 0 Å². The fourth-order valence-corrected chi connectivity index (χ4v) is 7.42. The molecule has 49 heavy (non-hydrogen) atoms. The molecular formula is C38H65N5O5S. The lowest BCUT2D eigenvalue weighted by molar-refractivity contribution is -0.147. The lowest BCUT2D eigenvalue weighted by Crippen LogP contribution is -2.59. The van der Waals surface area contributed by atoms with Crippen molar-refractivity contribution in [1.29, 1.82) is 0 Å². The Morgan fingerprint density at radius 3 is 2.16 bits per heavy atom. The maximum absolute atomic E-state index is 14.1. The summed E-state index contributed by atoms with van der Waals surface area (Å²) in [6.07, 6.45) is 2.67. The molecule has 1 fully saturated rings. The van der Waals surface area contributed by atoms with E-state index >= 15 is 0 Å². The molecule has 0 saturated carbocycles. The molecule has 3 N–H and O–H groups in total. The Morgan fingerprint density at radius 1 is 1.00 bits per heavy atom. The van der Waals surface area contributed by atoms with Gasteiger partial charge in [0, 0.05) is 40.3 Å². The minimum Gasteiger partial charge on any atom is -0.379 e. The molecule has 0 spiro atoms. The van der Waals surface area contributed by atoms with Gasteiger partial charge in [-0.05, 0) is 49.6 Å². The van der Waals surface area contributed by atoms with Crippen LogP contribution in [0, 0.1) is 23.7 Å². The van der Waals surface area contributed by atoms with Crippen LogP contribution >= 0.6 is 12.2 Å². The molecule has 8 unspecified atom stereocenters. The van der Waals surface area contributed by atoms with E-state index in [2.05, 4.69) is 48.9 Å². The molecule has 8 atom stereocenters. The normalized spacial score (nSPS) is 19.1. The van der Waals surface area contributed by atoms with Gasteiger partial charge in [-0.1, -0.05) is 97.4 Å². The highest BCUT2D eigenvalue weighted by Crippen LogP contribution is 2.30. The zero-order chi connectivity index (χ0) is 36.8. The number of hydrogen-bond acceptors (Lipinski definition) is 7. The number of methoxy groups -OCH3 is 2. The predicted molar refractivity (Wildman–Crippen MR) is 201 cm³/mol. The SMILES string of the molecule is CCC(C)C(C(CC(=O)N1CCCC1C(OC)C(C)C(=S)NCCc1ccccc1)OC)N(C)C(=O)C(NC(=O)C(NC)C(C)C)C(C)C. The van der Waals surface area contributed by atoms with Crippen molar-refractivity contribution in [2.24, 2.45) is 23.7 Å². The van der Waals surface area contributed by atoms with Crippen LogP contribution in [0.2, 0.25) is 0 Å². The molecule has 1 aliphatic rings. The van der Waals surface area contributed by atoms with Crippen molar-refractivity contribution in [3.05, 3.63) is 35.9 Å². The fourth-order valence-electron chi connectivity index (χ4n) is 7.19. The average Bonchev–Trinajstić information content (AvgIpc) is 3.56. The number of ether oxygens (including phenoxy) is 2. The molecule has 1 aliphatic heterocycles. The minimum absolute atomic E-state index is 0.0248. The van der Waals surface area contributed by atoms with Crippen molar-refractivity contribution < 1.29 is 23.9 Å². The Hall–Kier alpha value is -2.60. The highest BCUT2D eigenvalue weighted by atomic mass is 32.1. The van der Waals surface area contributed by atoms with Crippen LogP contribution in [0.25, 0.3) is 0 Å². The Bertz CT molecular complexity index is 1180. The van der Waals surface area contributed by atoms with E-state index in [1.807, 2.05) is 50.8 Å². The van der Waals surface area contributed by atoms with Crippen molar-refractivity contribution in [3.8, 4) is 0 Å². The second kappa shape index (κ2) is 20.9. The van der Waals surface area contributed by atoms with E-state index < -0.39 is 18.2 Å². The van der Waals surface area contributed by atoms with Gasteiger partial charge in [-0.15, -0.1) is 0 Å². The number of amides is 3. The molecule has 11 heteroatoms. The first-order valence-electron chi connectivity index (χ1n) is 18.1. The van der Waals surface area contributed by atoms with Crippen LogP contribution in [-0.4, -0.2) is 110 Å². The molecule has 0 bridgehead atoms. The van der Waals surface area contributed by atoms with E-state index in [0.717, 1.165) is 37.2 Å². The van der Waals surface area contributed by atoms with Crippen molar-refractivity contribution in [3.63, 3.8) is 0 Å². The van der Waals surface area contributed by atoms with Crippen LogP contribution < -0.4 is 16.0 Å². The third-order valence-corrected chi connectivity index (χ3v) is 10.8. The Labute approximate surface area is 301 Å². The second-order valence-electron chi connectivity index (χ2n) is 14.4. The first-order valence-corrected chi connectivity index (χ1v) is 18.6. The summed E-state index contributed by atoms with van der Waals surface area (Å²) in [6.45, 7) is 15.4. The number of carbonyl (C=O) groups is 3. The molecule has 1 aromatic rings. The van der Waals surface area contributed by atoms with Crippen LogP contribution in [0.15, 0.2) is 30.3 Å². The summed E-state index contributed by atoms with van der Waals surface area (Å²) in [6, 6.07) is 8.66. The zero-order valence-electron chi connectivity index (χ0n) is 32.0. The van der Waals surface area contributed by atoms with Gasteiger partial charge >= 0.3 is 0 Å². The molecule has 3 amide bonds. The summed E-state index contributed by atoms with van der Waals surface area (Å²) in [4.78, 5) is 45.7. The summed E-state index contributed by atoms with van der Waals surface area (Å²) >= 11 is 5.81. The van der Waals surface area contributed by atoms with Gasteiger partial charge < -0.3 is 35.2 Å². The van der Waals surface area contributed by atoms with E-state index in [1.54, 1.807) is 33.2 Å². The Balaban J connectivity index is 2.20. The van der Waals surface area contributed by atoms with Gasteiger partial charge in [0.2, 0.25) is 17.7 Å². The molecule has 1 heterocycles. The third-order valence-electron chi connectivity index (χ3n) is 10.3. The summed E-state index contributed by atoms with van der Waals surface area (Å²) in [5.41, 5.74) is 1.25. The predicted octanol–water partition coefficient (Wildman–Crippen LogP) is 4.45. The van der Waals surface area contributed by atoms with Crippen LogP contribution in [0.4, 0.5) is 0 Å². The van der Waals surface area contributed by atoms with Gasteiger partial charge in [-0.2, -0.15) is 0 Å². The molecule has 10 nitrogen and oxygen atoms in total. The molecule has 0 aromatic heterocycles. The van der Waals surface area contributed by atoms with Gasteiger partial charge in [0.15, 0.2) is 0 Å². The van der Waals surface area contributed by atoms with Gasteiger partial charge in [-0.3, -0.25) is 14.4 Å². The van der Waals surface area contributed by atoms with E-state index in [1.165, 1.54) is 5.56 Å². The number of likely N-dealkylation sites (tertiary alicyclic amines) is 1. The zero-order valence-corrected chi connectivity index (χ0v) is 32.8. The molecule has 1 aromatic carbocycles. The molecule has 1 saturated heterocycles. The highest BCUT2D eigenvalue weighted by molar-refractivity contribution is 7.80. The molecule has 0 radical (unpaired) electrons. The number of benzene rings is 1. The molecular weight excluding hydrogens is 639 g/mol. The number of nitrogens with one attached hydrogen (secondary N) is 3. The van der Waals surface area contributed by atoms with Crippen LogP contribution in [-0.2, 0) is 30.3 Å². The van der Waals surface area contributed by atoms with Gasteiger partial charge in [0.25, 0.3) is 0 Å². The number of carbonyl (C=O) groups excluding carboxylic acids is 3. The summed E-state index contributed by atoms with van der Waals surface area (Å²) in [7, 11) is 6.81. The second-order valence-corrected chi connectivity index (χ2v) is 14.8. The monoisotopic (exact) mass is 703 g/mol. The lowest BCUT2D eigenvalue weighted by Gasteiger charge is -2.41. The maximum atomic E-state index is 14.1. The Kier molecular flexibility index (Phi) is 18.2. The Morgan fingerprint density at radius 2 is 1.63 bits per heavy atom. The quantitative estimate of drug-likeness (QED) is 0.171. The molecule has 2 rings (SSSR count). The topological polar surface area (TPSA) is 112 Å². The summed E-state index contributed by atoms with van der Waals surface area (Å²) in [5, 5.41) is 9.49. The van der Waals surface area contributed by atoms with Crippen molar-refractivity contribution in [2.45, 2.75) is 117 Å². The van der Waals surface area contributed by atoms with Crippen LogP contribution in [0.5, 0.6) is 0 Å². The molecule has 278 valence electrons. The lowest BCUT2D eigenvalue weighted by atomic mass is 9.89. The number of thiocarbonyl (C=S) groups is 1. The van der Waals surface area contributed by atoms with E-state index in [9.17, 15) is 14.4 Å². The first kappa shape index (κ1) is 42.6. The highest BCUT2D eigenvalue weighted by Gasteiger charge is 2.42. The maximum Gasteiger partial charge on any atom is 0.245 e. The number of rotatable bonds is 20. The number of hydrogen-bond donors (Lipinski definition) is 3. The van der Waals surface area contributed by atoms with Crippen molar-refractivity contribution >= 4 is 34.9 Å². The summed E-state index contributed by atoms with van der Waals surface area (Å²) < 4.78 is 12.1. The van der Waals surface area contributed by atoms with Crippen LogP contribution in [0.1, 0.15) is 79.7 Å². The number of likely N-dealkylation sites (N-methyl/N-ethyl adjacent to an activating group) is 2. The van der Waals surface area contributed by atoms with Crippen molar-refractivity contribution in [1.82, 2.24) is 25.8 Å². The standard InChI is InChI=1S/C38H65N5O5S/c1-12-26(6)34(42(9)38(46)33(25(4)5)41-36(45)32(39-8)24(2)3)30(47-10)23-31(44)43-22-16-19-29(43)35(48-11)27(7)37(49)40-21-20-28-17-14-13-15-18-28/h13-15,17-18,24-27,29-30,32-35,39H,12,16,19-23H2,1-11H3,(H,40,49)(H,41,45). The van der Waals surface area contributed by atoms with Crippen molar-refractivity contribution in [2.75, 3.05) is 41.4 Å². The minimum atomic E-state index is -0.719. The van der Waals surface area contributed by atoms with Gasteiger partial charge in [-0.25, -0.2) is 0 Å². The van der Waals surface area contributed by atoms with E-state index in [0.29, 0.717) is 6.54 Å². The van der Waals surface area contributed by atoms with E-state index in [4.69, 9.17) is 21.7 Å². The largest absolute Gasteiger partial charge is 0.379 e. The van der Waals surface area contributed by atoms with Gasteiger partial charge in [0.1, 0.15) is 6.04 Å². The van der Waals surface area contributed by atoms with Gasteiger partial charge in [0.05, 0.1) is 41.7 Å². The summed E-state index contributed by atoms with van der Waals surface area (Å²) in [5.74, 6) is -0.554. The number of nitrogens with zero attached hydrogens (tertiary/aromatic N) is 2. The van der Waals surface area contributed by atoms with E-state index in [-0.39, 0.29) is 66.0 Å². The fraction of sp³-hybridized carbons (Fsp3) is 0.737. The first-order chi connectivity index (χ1) is 23.2. The molecule has 0 aliphatic carbocycles.